The molecular formula is C19H21ClN2O3S. The fraction of sp³-hybridized carbons (Fsp3) is 0.316. The van der Waals surface area contributed by atoms with Gasteiger partial charge < -0.3 is 4.90 Å². The molecule has 26 heavy (non-hydrogen) atoms. The number of carbonyl (C=O) groups is 1. The molecule has 1 unspecified atom stereocenters. The molecule has 0 amide bonds. The van der Waals surface area contributed by atoms with Crippen LogP contribution in [0.25, 0.3) is 0 Å². The van der Waals surface area contributed by atoms with E-state index < -0.39 is 10.0 Å². The highest BCUT2D eigenvalue weighted by Crippen LogP contribution is 2.25. The Morgan fingerprint density at radius 2 is 1.96 bits per heavy atom. The second-order valence-electron chi connectivity index (χ2n) is 6.51. The summed E-state index contributed by atoms with van der Waals surface area (Å²) in [6, 6.07) is 13.8. The molecular weight excluding hydrogens is 372 g/mol. The molecule has 0 saturated carbocycles. The van der Waals surface area contributed by atoms with Gasteiger partial charge in [-0.15, -0.1) is 0 Å². The molecule has 1 saturated heterocycles. The number of benzene rings is 2. The van der Waals surface area contributed by atoms with Crippen LogP contribution in [0, 0.1) is 5.92 Å². The number of carbonyl (C=O) groups excluding carboxylic acids is 1. The zero-order valence-corrected chi connectivity index (χ0v) is 16.1. The highest BCUT2D eigenvalue weighted by molar-refractivity contribution is 7.89. The molecule has 1 N–H and O–H groups in total. The van der Waals surface area contributed by atoms with Crippen molar-refractivity contribution in [2.45, 2.75) is 18.2 Å². The Balaban J connectivity index is 1.61. The molecule has 2 aromatic rings. The molecule has 1 atom stereocenters. The zero-order chi connectivity index (χ0) is 18.7. The number of sulfonamides is 1. The quantitative estimate of drug-likeness (QED) is 0.765. The Labute approximate surface area is 159 Å². The van der Waals surface area contributed by atoms with Gasteiger partial charge in [0.15, 0.2) is 5.78 Å². The molecule has 0 bridgehead atoms. The first kappa shape index (κ1) is 18.9. The Morgan fingerprint density at radius 3 is 2.65 bits per heavy atom. The van der Waals surface area contributed by atoms with E-state index in [1.807, 2.05) is 24.3 Å². The average molecular weight is 393 g/mol. The van der Waals surface area contributed by atoms with Crippen molar-refractivity contribution in [3.8, 4) is 0 Å². The van der Waals surface area contributed by atoms with Gasteiger partial charge in [-0.05, 0) is 55.7 Å². The van der Waals surface area contributed by atoms with Crippen LogP contribution in [0.4, 0.5) is 5.69 Å². The fourth-order valence-electron chi connectivity index (χ4n) is 3.08. The molecule has 0 aliphatic carbocycles. The molecule has 1 aliphatic heterocycles. The third-order valence-corrected chi connectivity index (χ3v) is 6.26. The van der Waals surface area contributed by atoms with Crippen molar-refractivity contribution in [2.75, 3.05) is 24.5 Å². The van der Waals surface area contributed by atoms with E-state index in [9.17, 15) is 13.2 Å². The van der Waals surface area contributed by atoms with E-state index in [2.05, 4.69) is 9.62 Å². The van der Waals surface area contributed by atoms with Gasteiger partial charge in [-0.25, -0.2) is 13.1 Å². The molecule has 1 heterocycles. The summed E-state index contributed by atoms with van der Waals surface area (Å²) in [5.74, 6) is 0.0768. The average Bonchev–Trinajstić information content (AvgIpc) is 3.10. The first-order valence-corrected chi connectivity index (χ1v) is 10.3. The number of nitrogens with one attached hydrogen (secondary N) is 1. The molecule has 0 spiro atoms. The Bertz CT molecular complexity index is 897. The van der Waals surface area contributed by atoms with Crippen molar-refractivity contribution in [1.29, 1.82) is 0 Å². The smallest absolute Gasteiger partial charge is 0.240 e. The number of rotatable bonds is 6. The minimum Gasteiger partial charge on any atom is -0.371 e. The van der Waals surface area contributed by atoms with E-state index in [0.29, 0.717) is 17.1 Å². The van der Waals surface area contributed by atoms with Crippen LogP contribution in [0.3, 0.4) is 0 Å². The molecule has 138 valence electrons. The molecule has 1 aliphatic rings. The van der Waals surface area contributed by atoms with E-state index in [1.165, 1.54) is 19.1 Å². The summed E-state index contributed by atoms with van der Waals surface area (Å²) in [6.45, 7) is 3.46. The Hall–Kier alpha value is -1.89. The van der Waals surface area contributed by atoms with Crippen molar-refractivity contribution < 1.29 is 13.2 Å². The van der Waals surface area contributed by atoms with Crippen molar-refractivity contribution >= 4 is 33.1 Å². The predicted octanol–water partition coefficient (Wildman–Crippen LogP) is 3.35. The van der Waals surface area contributed by atoms with Gasteiger partial charge in [-0.1, -0.05) is 23.7 Å². The van der Waals surface area contributed by atoms with Crippen LogP contribution in [0.15, 0.2) is 53.4 Å². The monoisotopic (exact) mass is 392 g/mol. The first-order chi connectivity index (χ1) is 12.3. The lowest BCUT2D eigenvalue weighted by Crippen LogP contribution is -2.31. The lowest BCUT2D eigenvalue weighted by atomic mass is 10.1. The van der Waals surface area contributed by atoms with Gasteiger partial charge in [0.1, 0.15) is 0 Å². The van der Waals surface area contributed by atoms with Crippen LogP contribution in [0.5, 0.6) is 0 Å². The summed E-state index contributed by atoms with van der Waals surface area (Å²) in [5, 5.41) is 0.699. The summed E-state index contributed by atoms with van der Waals surface area (Å²) in [5.41, 5.74) is 1.48. The van der Waals surface area contributed by atoms with E-state index >= 15 is 0 Å². The van der Waals surface area contributed by atoms with Crippen LogP contribution < -0.4 is 9.62 Å². The van der Waals surface area contributed by atoms with Crippen LogP contribution in [-0.2, 0) is 10.0 Å². The van der Waals surface area contributed by atoms with E-state index in [0.717, 1.165) is 25.2 Å². The predicted molar refractivity (Wildman–Crippen MR) is 103 cm³/mol. The third kappa shape index (κ3) is 4.44. The molecule has 1 fully saturated rings. The SMILES string of the molecule is CC(=O)c1cccc(S(=O)(=O)NCC2CCN(c3ccc(Cl)cc3)C2)c1. The number of ketones is 1. The maximum Gasteiger partial charge on any atom is 0.240 e. The van der Waals surface area contributed by atoms with Crippen molar-refractivity contribution in [3.63, 3.8) is 0 Å². The van der Waals surface area contributed by atoms with Crippen LogP contribution in [0.2, 0.25) is 5.02 Å². The lowest BCUT2D eigenvalue weighted by molar-refractivity contribution is 0.101. The number of hydrogen-bond acceptors (Lipinski definition) is 4. The molecule has 0 aromatic heterocycles. The van der Waals surface area contributed by atoms with E-state index in [4.69, 9.17) is 11.6 Å². The topological polar surface area (TPSA) is 66.5 Å². The molecule has 3 rings (SSSR count). The van der Waals surface area contributed by atoms with Gasteiger partial charge >= 0.3 is 0 Å². The van der Waals surface area contributed by atoms with Gasteiger partial charge in [0.05, 0.1) is 4.90 Å². The van der Waals surface area contributed by atoms with Gasteiger partial charge in [-0.3, -0.25) is 4.79 Å². The highest BCUT2D eigenvalue weighted by Gasteiger charge is 2.25. The normalized spacial score (nSPS) is 17.5. The standard InChI is InChI=1S/C19H21ClN2O3S/c1-14(23)16-3-2-4-19(11-16)26(24,25)21-12-15-9-10-22(13-15)18-7-5-17(20)6-8-18/h2-8,11,15,21H,9-10,12-13H2,1H3. The second kappa shape index (κ2) is 7.78. The van der Waals surface area contributed by atoms with Crippen LogP contribution in [-0.4, -0.2) is 33.8 Å². The second-order valence-corrected chi connectivity index (χ2v) is 8.72. The fourth-order valence-corrected chi connectivity index (χ4v) is 4.37. The van der Waals surface area contributed by atoms with E-state index in [1.54, 1.807) is 12.1 Å². The summed E-state index contributed by atoms with van der Waals surface area (Å²) >= 11 is 5.92. The minimum atomic E-state index is -3.63. The number of halogens is 1. The van der Waals surface area contributed by atoms with Crippen LogP contribution >= 0.6 is 11.6 Å². The number of Topliss-reactive ketones (excluding diaryl/α,β-unsaturated/α-hetero) is 1. The molecule has 2 aromatic carbocycles. The lowest BCUT2D eigenvalue weighted by Gasteiger charge is -2.19. The number of hydrogen-bond donors (Lipinski definition) is 1. The number of nitrogens with zero attached hydrogens (tertiary/aromatic N) is 1. The van der Waals surface area contributed by atoms with Crippen molar-refractivity contribution in [1.82, 2.24) is 4.72 Å². The molecule has 7 heteroatoms. The van der Waals surface area contributed by atoms with Gasteiger partial charge in [-0.2, -0.15) is 0 Å². The Morgan fingerprint density at radius 1 is 1.23 bits per heavy atom. The van der Waals surface area contributed by atoms with E-state index in [-0.39, 0.29) is 16.6 Å². The van der Waals surface area contributed by atoms with Crippen molar-refractivity contribution in [3.05, 3.63) is 59.1 Å². The van der Waals surface area contributed by atoms with Crippen LogP contribution in [0.1, 0.15) is 23.7 Å². The van der Waals surface area contributed by atoms with Gasteiger partial charge in [0.25, 0.3) is 0 Å². The third-order valence-electron chi connectivity index (χ3n) is 4.59. The first-order valence-electron chi connectivity index (χ1n) is 8.46. The maximum atomic E-state index is 12.5. The maximum absolute atomic E-state index is 12.5. The van der Waals surface area contributed by atoms with Crippen molar-refractivity contribution in [2.24, 2.45) is 5.92 Å². The minimum absolute atomic E-state index is 0.123. The molecule has 5 nitrogen and oxygen atoms in total. The number of anilines is 1. The largest absolute Gasteiger partial charge is 0.371 e. The summed E-state index contributed by atoms with van der Waals surface area (Å²) in [7, 11) is -3.63. The van der Waals surface area contributed by atoms with Gasteiger partial charge in [0.2, 0.25) is 10.0 Å². The Kier molecular flexibility index (Phi) is 5.65. The highest BCUT2D eigenvalue weighted by atomic mass is 35.5. The summed E-state index contributed by atoms with van der Waals surface area (Å²) in [6.07, 6.45) is 0.915. The zero-order valence-electron chi connectivity index (χ0n) is 14.5. The molecule has 0 radical (unpaired) electrons. The van der Waals surface area contributed by atoms with Gasteiger partial charge in [0, 0.05) is 35.9 Å². The summed E-state index contributed by atoms with van der Waals surface area (Å²) in [4.78, 5) is 13.8. The summed E-state index contributed by atoms with van der Waals surface area (Å²) < 4.78 is 27.7.